The third kappa shape index (κ3) is 5.33. The summed E-state index contributed by atoms with van der Waals surface area (Å²) in [5, 5.41) is 0. The molecule has 6 nitrogen and oxygen atoms in total. The number of morpholine rings is 1. The molecule has 1 aromatic carbocycles. The second kappa shape index (κ2) is 8.59. The number of ether oxygens (including phenoxy) is 2. The Bertz CT molecular complexity index is 530. The number of rotatable bonds is 8. The molecule has 1 atom stereocenters. The molecule has 1 aliphatic rings. The van der Waals surface area contributed by atoms with Crippen molar-refractivity contribution < 1.29 is 17.9 Å². The van der Waals surface area contributed by atoms with E-state index in [-0.39, 0.29) is 6.10 Å². The zero-order chi connectivity index (χ0) is 15.8. The van der Waals surface area contributed by atoms with Crippen molar-refractivity contribution in [3.05, 3.63) is 35.9 Å². The highest BCUT2D eigenvalue weighted by Crippen LogP contribution is 2.15. The number of nitrogens with zero attached hydrogens (tertiary/aromatic N) is 1. The van der Waals surface area contributed by atoms with E-state index < -0.39 is 10.2 Å². The third-order valence-corrected chi connectivity index (χ3v) is 5.17. The van der Waals surface area contributed by atoms with E-state index in [0.29, 0.717) is 45.9 Å². The van der Waals surface area contributed by atoms with E-state index in [1.807, 2.05) is 37.3 Å². The quantitative estimate of drug-likeness (QED) is 0.731. The van der Waals surface area contributed by atoms with E-state index in [2.05, 4.69) is 4.72 Å². The fraction of sp³-hybridized carbons (Fsp3) is 0.600. The van der Waals surface area contributed by atoms with E-state index in [9.17, 15) is 8.42 Å². The van der Waals surface area contributed by atoms with E-state index >= 15 is 0 Å². The van der Waals surface area contributed by atoms with Crippen LogP contribution in [0.3, 0.4) is 0 Å². The maximum absolute atomic E-state index is 12.0. The van der Waals surface area contributed by atoms with Gasteiger partial charge in [-0.05, 0) is 18.9 Å². The van der Waals surface area contributed by atoms with Gasteiger partial charge in [0, 0.05) is 26.2 Å². The molecule has 1 N–H and O–H groups in total. The van der Waals surface area contributed by atoms with Gasteiger partial charge in [-0.3, -0.25) is 0 Å². The van der Waals surface area contributed by atoms with Crippen LogP contribution in [-0.2, 0) is 19.7 Å². The molecule has 22 heavy (non-hydrogen) atoms. The summed E-state index contributed by atoms with van der Waals surface area (Å²) in [7, 11) is -3.39. The Morgan fingerprint density at radius 2 is 1.95 bits per heavy atom. The summed E-state index contributed by atoms with van der Waals surface area (Å²) in [5.41, 5.74) is 1.12. The number of hydrogen-bond acceptors (Lipinski definition) is 4. The Hall–Kier alpha value is -0.990. The molecule has 0 radical (unpaired) electrons. The van der Waals surface area contributed by atoms with Gasteiger partial charge in [-0.15, -0.1) is 0 Å². The third-order valence-electron chi connectivity index (χ3n) is 3.55. The van der Waals surface area contributed by atoms with Crippen molar-refractivity contribution in [3.8, 4) is 0 Å². The van der Waals surface area contributed by atoms with Gasteiger partial charge in [0.2, 0.25) is 0 Å². The molecule has 0 amide bonds. The summed E-state index contributed by atoms with van der Waals surface area (Å²) in [5.74, 6) is 0. The van der Waals surface area contributed by atoms with Crippen molar-refractivity contribution in [3.63, 3.8) is 0 Å². The van der Waals surface area contributed by atoms with Gasteiger partial charge >= 0.3 is 0 Å². The van der Waals surface area contributed by atoms with Crippen LogP contribution in [0.25, 0.3) is 0 Å². The van der Waals surface area contributed by atoms with Gasteiger partial charge in [-0.1, -0.05) is 30.3 Å². The van der Waals surface area contributed by atoms with Gasteiger partial charge in [0.15, 0.2) is 0 Å². The van der Waals surface area contributed by atoms with Crippen molar-refractivity contribution >= 4 is 10.2 Å². The Labute approximate surface area is 132 Å². The highest BCUT2D eigenvalue weighted by molar-refractivity contribution is 7.87. The normalized spacial score (nSPS) is 18.2. The predicted octanol–water partition coefficient (Wildman–Crippen LogP) is 1.32. The smallest absolute Gasteiger partial charge is 0.279 e. The first-order valence-corrected chi connectivity index (χ1v) is 9.02. The minimum absolute atomic E-state index is 0.0112. The SMILES string of the molecule is CC(OCCCNS(=O)(=O)N1CCOCC1)c1ccccc1. The molecule has 1 heterocycles. The van der Waals surface area contributed by atoms with Crippen molar-refractivity contribution in [1.29, 1.82) is 0 Å². The fourth-order valence-electron chi connectivity index (χ4n) is 2.23. The van der Waals surface area contributed by atoms with Crippen LogP contribution in [0, 0.1) is 0 Å². The molecule has 0 aromatic heterocycles. The molecule has 0 aliphatic carbocycles. The van der Waals surface area contributed by atoms with E-state index in [4.69, 9.17) is 9.47 Å². The molecule has 2 rings (SSSR count). The van der Waals surface area contributed by atoms with Gasteiger partial charge in [-0.2, -0.15) is 12.7 Å². The molecule has 7 heteroatoms. The monoisotopic (exact) mass is 328 g/mol. The maximum atomic E-state index is 12.0. The second-order valence-corrected chi connectivity index (χ2v) is 6.94. The first-order chi connectivity index (χ1) is 10.6. The molecule has 1 fully saturated rings. The van der Waals surface area contributed by atoms with Gasteiger partial charge < -0.3 is 9.47 Å². The van der Waals surface area contributed by atoms with Gasteiger partial charge in [-0.25, -0.2) is 4.72 Å². The molecule has 1 aliphatic heterocycles. The molecule has 1 saturated heterocycles. The van der Waals surface area contributed by atoms with Gasteiger partial charge in [0.05, 0.1) is 19.3 Å². The Kier molecular flexibility index (Phi) is 6.78. The molecule has 124 valence electrons. The standard InChI is InChI=1S/C15H24N2O4S/c1-14(15-6-3-2-4-7-15)21-11-5-8-16-22(18,19)17-9-12-20-13-10-17/h2-4,6-7,14,16H,5,8-13H2,1H3. The van der Waals surface area contributed by atoms with Crippen molar-refractivity contribution in [2.45, 2.75) is 19.4 Å². The van der Waals surface area contributed by atoms with Crippen LogP contribution < -0.4 is 4.72 Å². The first-order valence-electron chi connectivity index (χ1n) is 7.58. The van der Waals surface area contributed by atoms with E-state index in [1.54, 1.807) is 0 Å². The molecular formula is C15H24N2O4S. The summed E-state index contributed by atoms with van der Waals surface area (Å²) >= 11 is 0. The first kappa shape index (κ1) is 17.4. The van der Waals surface area contributed by atoms with Gasteiger partial charge in [0.25, 0.3) is 10.2 Å². The van der Waals surface area contributed by atoms with E-state index in [0.717, 1.165) is 5.56 Å². The van der Waals surface area contributed by atoms with Crippen LogP contribution in [0.1, 0.15) is 25.0 Å². The Morgan fingerprint density at radius 1 is 1.27 bits per heavy atom. The predicted molar refractivity (Wildman–Crippen MR) is 84.7 cm³/mol. The minimum atomic E-state index is -3.39. The molecule has 1 unspecified atom stereocenters. The summed E-state index contributed by atoms with van der Waals surface area (Å²) in [6.07, 6.45) is 0.651. The average molecular weight is 328 g/mol. The lowest BCUT2D eigenvalue weighted by molar-refractivity contribution is 0.0641. The maximum Gasteiger partial charge on any atom is 0.279 e. The van der Waals surface area contributed by atoms with Crippen LogP contribution in [0.4, 0.5) is 0 Å². The second-order valence-electron chi connectivity index (χ2n) is 5.19. The summed E-state index contributed by atoms with van der Waals surface area (Å²) in [6, 6.07) is 9.96. The van der Waals surface area contributed by atoms with E-state index in [1.165, 1.54) is 4.31 Å². The van der Waals surface area contributed by atoms with Crippen molar-refractivity contribution in [1.82, 2.24) is 9.03 Å². The van der Waals surface area contributed by atoms with Gasteiger partial charge in [0.1, 0.15) is 0 Å². The molecule has 0 bridgehead atoms. The molecule has 0 saturated carbocycles. The van der Waals surface area contributed by atoms with Crippen LogP contribution in [0.15, 0.2) is 30.3 Å². The fourth-order valence-corrected chi connectivity index (χ4v) is 3.45. The largest absolute Gasteiger partial charge is 0.379 e. The number of nitrogens with one attached hydrogen (secondary N) is 1. The number of hydrogen-bond donors (Lipinski definition) is 1. The molecule has 1 aromatic rings. The molecular weight excluding hydrogens is 304 g/mol. The van der Waals surface area contributed by atoms with Crippen LogP contribution in [0.2, 0.25) is 0 Å². The summed E-state index contributed by atoms with van der Waals surface area (Å²) < 4.78 is 38.9. The highest BCUT2D eigenvalue weighted by Gasteiger charge is 2.23. The average Bonchev–Trinajstić information content (AvgIpc) is 2.56. The van der Waals surface area contributed by atoms with Crippen LogP contribution >= 0.6 is 0 Å². The lowest BCUT2D eigenvalue weighted by Gasteiger charge is -2.26. The topological polar surface area (TPSA) is 67.9 Å². The zero-order valence-corrected chi connectivity index (χ0v) is 13.7. The summed E-state index contributed by atoms with van der Waals surface area (Å²) in [4.78, 5) is 0. The van der Waals surface area contributed by atoms with Crippen molar-refractivity contribution in [2.24, 2.45) is 0 Å². The molecule has 0 spiro atoms. The highest BCUT2D eigenvalue weighted by atomic mass is 32.2. The summed E-state index contributed by atoms with van der Waals surface area (Å²) in [6.45, 7) is 4.63. The van der Waals surface area contributed by atoms with Crippen LogP contribution in [0.5, 0.6) is 0 Å². The zero-order valence-electron chi connectivity index (χ0n) is 12.9. The van der Waals surface area contributed by atoms with Crippen molar-refractivity contribution in [2.75, 3.05) is 39.5 Å². The van der Waals surface area contributed by atoms with Crippen LogP contribution in [-0.4, -0.2) is 52.2 Å². The lowest BCUT2D eigenvalue weighted by Crippen LogP contribution is -2.46. The minimum Gasteiger partial charge on any atom is -0.379 e. The Balaban J connectivity index is 1.64. The Morgan fingerprint density at radius 3 is 2.64 bits per heavy atom. The lowest BCUT2D eigenvalue weighted by atomic mass is 10.1. The number of benzene rings is 1.